The minimum absolute atomic E-state index is 0.142. The van der Waals surface area contributed by atoms with Crippen LogP contribution >= 0.6 is 23.4 Å². The Morgan fingerprint density at radius 2 is 2.00 bits per heavy atom. The summed E-state index contributed by atoms with van der Waals surface area (Å²) in [5.74, 6) is -0.350. The van der Waals surface area contributed by atoms with Gasteiger partial charge in [-0.15, -0.1) is 11.8 Å². The number of amides is 2. The molecule has 0 aliphatic carbocycles. The number of thioether (sulfide) groups is 1. The zero-order valence-corrected chi connectivity index (χ0v) is 15.5. The summed E-state index contributed by atoms with van der Waals surface area (Å²) in [5.41, 5.74) is 0.487. The summed E-state index contributed by atoms with van der Waals surface area (Å²) in [6.07, 6.45) is -0.656. The lowest BCUT2D eigenvalue weighted by Gasteiger charge is -2.35. The van der Waals surface area contributed by atoms with Gasteiger partial charge in [0.2, 0.25) is 5.91 Å². The number of nitrogens with zero attached hydrogens (tertiary/aromatic N) is 2. The fraction of sp³-hybridized carbons (Fsp3) is 0.471. The quantitative estimate of drug-likeness (QED) is 0.828. The highest BCUT2D eigenvalue weighted by molar-refractivity contribution is 7.99. The largest absolute Gasteiger partial charge is 0.481 e. The van der Waals surface area contributed by atoms with Crippen molar-refractivity contribution in [3.63, 3.8) is 0 Å². The number of morpholine rings is 1. The van der Waals surface area contributed by atoms with Crippen molar-refractivity contribution >= 4 is 41.1 Å². The van der Waals surface area contributed by atoms with Crippen molar-refractivity contribution < 1.29 is 24.2 Å². The Kier molecular flexibility index (Phi) is 6.05. The van der Waals surface area contributed by atoms with Crippen molar-refractivity contribution in [2.45, 2.75) is 18.6 Å². The van der Waals surface area contributed by atoms with Crippen LogP contribution in [0.5, 0.6) is 0 Å². The lowest BCUT2D eigenvalue weighted by molar-refractivity contribution is -0.149. The number of carbonyl (C=O) groups is 3. The minimum atomic E-state index is -0.958. The van der Waals surface area contributed by atoms with Gasteiger partial charge in [-0.2, -0.15) is 0 Å². The Bertz CT molecular complexity index is 699. The Labute approximate surface area is 160 Å². The summed E-state index contributed by atoms with van der Waals surface area (Å²) in [5, 5.41) is 9.46. The molecule has 1 aromatic rings. The van der Waals surface area contributed by atoms with Gasteiger partial charge in [0.25, 0.3) is 5.91 Å². The predicted octanol–water partition coefficient (Wildman–Crippen LogP) is 1.56. The van der Waals surface area contributed by atoms with E-state index in [1.807, 2.05) is 0 Å². The molecule has 2 saturated heterocycles. The molecule has 2 heterocycles. The fourth-order valence-electron chi connectivity index (χ4n) is 3.05. The zero-order chi connectivity index (χ0) is 18.7. The van der Waals surface area contributed by atoms with Gasteiger partial charge in [0.1, 0.15) is 6.04 Å². The van der Waals surface area contributed by atoms with Crippen LogP contribution in [0.25, 0.3) is 0 Å². The highest BCUT2D eigenvalue weighted by atomic mass is 35.5. The summed E-state index contributed by atoms with van der Waals surface area (Å²) in [6.45, 7) is 0.934. The van der Waals surface area contributed by atoms with E-state index in [1.54, 1.807) is 34.1 Å². The van der Waals surface area contributed by atoms with Gasteiger partial charge in [-0.25, -0.2) is 0 Å². The number of carbonyl (C=O) groups excluding carboxylic acids is 2. The average Bonchev–Trinajstić information content (AvgIpc) is 3.10. The molecule has 2 fully saturated rings. The molecule has 2 unspecified atom stereocenters. The number of carboxylic acids is 1. The van der Waals surface area contributed by atoms with E-state index in [2.05, 4.69) is 0 Å². The molecule has 1 N–H and O–H groups in total. The van der Waals surface area contributed by atoms with Crippen molar-refractivity contribution in [2.24, 2.45) is 0 Å². The van der Waals surface area contributed by atoms with Crippen molar-refractivity contribution in [2.75, 3.05) is 31.3 Å². The monoisotopic (exact) mass is 398 g/mol. The summed E-state index contributed by atoms with van der Waals surface area (Å²) in [4.78, 5) is 39.7. The molecule has 2 aliphatic heterocycles. The number of benzene rings is 1. The molecule has 9 heteroatoms. The van der Waals surface area contributed by atoms with E-state index in [1.165, 1.54) is 11.8 Å². The Morgan fingerprint density at radius 1 is 1.27 bits per heavy atom. The molecule has 1 aromatic carbocycles. The van der Waals surface area contributed by atoms with E-state index >= 15 is 0 Å². The molecule has 3 rings (SSSR count). The first-order valence-electron chi connectivity index (χ1n) is 8.22. The molecule has 0 spiro atoms. The molecule has 0 aromatic heterocycles. The maximum absolute atomic E-state index is 12.9. The van der Waals surface area contributed by atoms with Gasteiger partial charge in [0, 0.05) is 29.4 Å². The highest BCUT2D eigenvalue weighted by Crippen LogP contribution is 2.26. The molecular weight excluding hydrogens is 380 g/mol. The first-order valence-corrected chi connectivity index (χ1v) is 9.75. The van der Waals surface area contributed by atoms with Crippen molar-refractivity contribution in [1.82, 2.24) is 9.80 Å². The van der Waals surface area contributed by atoms with E-state index in [0.29, 0.717) is 35.4 Å². The number of ether oxygens (including phenoxy) is 1. The Morgan fingerprint density at radius 3 is 2.69 bits per heavy atom. The Balaban J connectivity index is 1.69. The minimum Gasteiger partial charge on any atom is -0.481 e. The Hall–Kier alpha value is -1.77. The van der Waals surface area contributed by atoms with Crippen LogP contribution in [0.2, 0.25) is 5.02 Å². The number of carboxylic acid groups (broad SMARTS) is 1. The molecule has 7 nitrogen and oxygen atoms in total. The molecular formula is C17H19ClN2O5S. The average molecular weight is 399 g/mol. The normalized spacial score (nSPS) is 23.1. The van der Waals surface area contributed by atoms with Gasteiger partial charge < -0.3 is 19.6 Å². The topological polar surface area (TPSA) is 87.2 Å². The number of hydrogen-bond acceptors (Lipinski definition) is 5. The molecule has 0 radical (unpaired) electrons. The van der Waals surface area contributed by atoms with Crippen LogP contribution < -0.4 is 0 Å². The molecule has 0 bridgehead atoms. The van der Waals surface area contributed by atoms with Gasteiger partial charge in [0.15, 0.2) is 0 Å². The number of halogens is 1. The molecule has 26 heavy (non-hydrogen) atoms. The molecule has 0 saturated carbocycles. The van der Waals surface area contributed by atoms with Gasteiger partial charge in [-0.3, -0.25) is 14.4 Å². The van der Waals surface area contributed by atoms with Crippen molar-refractivity contribution in [3.05, 3.63) is 34.9 Å². The highest BCUT2D eigenvalue weighted by Gasteiger charge is 2.39. The molecule has 2 amide bonds. The van der Waals surface area contributed by atoms with Crippen LogP contribution in [0, 0.1) is 0 Å². The fourth-order valence-corrected chi connectivity index (χ4v) is 4.33. The smallest absolute Gasteiger partial charge is 0.306 e. The summed E-state index contributed by atoms with van der Waals surface area (Å²) >= 11 is 7.39. The number of aliphatic carboxylic acids is 1. The first-order chi connectivity index (χ1) is 12.5. The molecule has 2 atom stereocenters. The third-order valence-corrected chi connectivity index (χ3v) is 5.64. The van der Waals surface area contributed by atoms with E-state index < -0.39 is 18.1 Å². The lowest BCUT2D eigenvalue weighted by atomic mass is 10.1. The standard InChI is InChI=1S/C17H19ClN2O5S/c18-12-3-1-11(2-4-12)16(23)20-10-26-9-14(20)17(24)19-5-6-25-13(8-19)7-15(21)22/h1-4,13-14H,5-10H2,(H,21,22). The maximum atomic E-state index is 12.9. The van der Waals surface area contributed by atoms with E-state index in [0.717, 1.165) is 0 Å². The van der Waals surface area contributed by atoms with Crippen LogP contribution in [0.3, 0.4) is 0 Å². The van der Waals surface area contributed by atoms with E-state index in [-0.39, 0.29) is 24.8 Å². The molecule has 2 aliphatic rings. The van der Waals surface area contributed by atoms with Crippen LogP contribution in [0.1, 0.15) is 16.8 Å². The van der Waals surface area contributed by atoms with Gasteiger partial charge in [0.05, 0.1) is 25.0 Å². The second-order valence-corrected chi connectivity index (χ2v) is 7.61. The maximum Gasteiger partial charge on any atom is 0.306 e. The van der Waals surface area contributed by atoms with Crippen molar-refractivity contribution in [1.29, 1.82) is 0 Å². The second kappa shape index (κ2) is 8.28. The number of rotatable bonds is 4. The van der Waals surface area contributed by atoms with E-state index in [4.69, 9.17) is 21.4 Å². The summed E-state index contributed by atoms with van der Waals surface area (Å²) in [6, 6.07) is 6.03. The third-order valence-electron chi connectivity index (χ3n) is 4.37. The third kappa shape index (κ3) is 4.31. The molecule has 140 valence electrons. The SMILES string of the molecule is O=C(O)CC1CN(C(=O)C2CSCN2C(=O)c2ccc(Cl)cc2)CCO1. The van der Waals surface area contributed by atoms with Crippen LogP contribution in [0.15, 0.2) is 24.3 Å². The van der Waals surface area contributed by atoms with Gasteiger partial charge in [-0.1, -0.05) is 11.6 Å². The summed E-state index contributed by atoms with van der Waals surface area (Å²) in [7, 11) is 0. The van der Waals surface area contributed by atoms with Crippen LogP contribution in [0.4, 0.5) is 0 Å². The number of hydrogen-bond donors (Lipinski definition) is 1. The van der Waals surface area contributed by atoms with Crippen molar-refractivity contribution in [3.8, 4) is 0 Å². The van der Waals surface area contributed by atoms with Gasteiger partial charge in [-0.05, 0) is 24.3 Å². The van der Waals surface area contributed by atoms with E-state index in [9.17, 15) is 14.4 Å². The second-order valence-electron chi connectivity index (χ2n) is 6.17. The lowest BCUT2D eigenvalue weighted by Crippen LogP contribution is -2.54. The predicted molar refractivity (Wildman–Crippen MR) is 97.3 cm³/mol. The first kappa shape index (κ1) is 19.0. The van der Waals surface area contributed by atoms with Crippen LogP contribution in [-0.4, -0.2) is 76.2 Å². The van der Waals surface area contributed by atoms with Crippen LogP contribution in [-0.2, 0) is 14.3 Å². The summed E-state index contributed by atoms with van der Waals surface area (Å²) < 4.78 is 5.41. The van der Waals surface area contributed by atoms with Gasteiger partial charge >= 0.3 is 5.97 Å². The zero-order valence-electron chi connectivity index (χ0n) is 14.0.